The molecular weight excluding hydrogens is 290 g/mol. The lowest BCUT2D eigenvalue weighted by Gasteiger charge is -2.34. The van der Waals surface area contributed by atoms with Crippen molar-refractivity contribution in [3.63, 3.8) is 0 Å². The predicted molar refractivity (Wildman–Crippen MR) is 89.4 cm³/mol. The van der Waals surface area contributed by atoms with Gasteiger partial charge in [0.2, 0.25) is 5.43 Å². The second-order valence-electron chi connectivity index (χ2n) is 6.31. The third kappa shape index (κ3) is 3.79. The molecule has 0 spiro atoms. The van der Waals surface area contributed by atoms with Crippen LogP contribution in [0.5, 0.6) is 5.75 Å². The van der Waals surface area contributed by atoms with Gasteiger partial charge in [-0.1, -0.05) is 6.42 Å². The normalized spacial score (nSPS) is 18.9. The molecule has 5 heteroatoms. The van der Waals surface area contributed by atoms with E-state index >= 15 is 0 Å². The molecule has 122 valence electrons. The topological polar surface area (TPSA) is 58.4 Å². The molecule has 0 amide bonds. The monoisotopic (exact) mass is 313 g/mol. The minimum Gasteiger partial charge on any atom is -0.503 e. The highest BCUT2D eigenvalue weighted by Gasteiger charge is 2.19. The number of rotatable bonds is 4. The number of hydrogen-bond donors (Lipinski definition) is 1. The number of hydrogen-bond acceptors (Lipinski definition) is 4. The van der Waals surface area contributed by atoms with E-state index in [1.807, 2.05) is 16.7 Å². The van der Waals surface area contributed by atoms with Crippen molar-refractivity contribution < 1.29 is 5.11 Å². The summed E-state index contributed by atoms with van der Waals surface area (Å²) in [4.78, 5) is 18.3. The van der Waals surface area contributed by atoms with Gasteiger partial charge in [-0.3, -0.25) is 14.7 Å². The summed E-state index contributed by atoms with van der Waals surface area (Å²) in [6.45, 7) is 4.66. The molecule has 2 aromatic heterocycles. The molecule has 1 unspecified atom stereocenters. The zero-order valence-corrected chi connectivity index (χ0v) is 13.5. The Morgan fingerprint density at radius 3 is 2.78 bits per heavy atom. The average Bonchev–Trinajstić information content (AvgIpc) is 2.55. The maximum absolute atomic E-state index is 11.9. The van der Waals surface area contributed by atoms with Crippen molar-refractivity contribution in [1.29, 1.82) is 0 Å². The zero-order valence-electron chi connectivity index (χ0n) is 13.5. The van der Waals surface area contributed by atoms with Gasteiger partial charge in [-0.15, -0.1) is 0 Å². The molecule has 1 aliphatic heterocycles. The van der Waals surface area contributed by atoms with Crippen LogP contribution < -0.4 is 5.43 Å². The minimum atomic E-state index is -0.310. The second-order valence-corrected chi connectivity index (χ2v) is 6.31. The van der Waals surface area contributed by atoms with E-state index in [1.54, 1.807) is 24.7 Å². The van der Waals surface area contributed by atoms with Crippen molar-refractivity contribution in [1.82, 2.24) is 14.5 Å². The van der Waals surface area contributed by atoms with Crippen LogP contribution >= 0.6 is 0 Å². The van der Waals surface area contributed by atoms with E-state index in [4.69, 9.17) is 0 Å². The van der Waals surface area contributed by atoms with Crippen LogP contribution in [0.15, 0.2) is 41.6 Å². The number of likely N-dealkylation sites (tertiary alicyclic amines) is 1. The van der Waals surface area contributed by atoms with Gasteiger partial charge in [0.05, 0.1) is 6.20 Å². The maximum atomic E-state index is 11.9. The van der Waals surface area contributed by atoms with Crippen molar-refractivity contribution >= 4 is 0 Å². The minimum absolute atomic E-state index is 0.200. The Bertz CT molecular complexity index is 712. The Morgan fingerprint density at radius 2 is 2.04 bits per heavy atom. The van der Waals surface area contributed by atoms with Crippen LogP contribution in [-0.2, 0) is 13.1 Å². The molecule has 3 heterocycles. The zero-order chi connectivity index (χ0) is 16.2. The van der Waals surface area contributed by atoms with E-state index in [1.165, 1.54) is 19.3 Å². The molecule has 1 fully saturated rings. The molecule has 0 aliphatic carbocycles. The molecule has 0 radical (unpaired) electrons. The molecular formula is C18H23N3O2. The van der Waals surface area contributed by atoms with Crippen molar-refractivity contribution in [3.05, 3.63) is 58.3 Å². The SMILES string of the molecule is CC1CCCCN1Cc1cc(=O)c(O)cn1Cc1ccncc1. The summed E-state index contributed by atoms with van der Waals surface area (Å²) in [6, 6.07) is 5.99. The smallest absolute Gasteiger partial charge is 0.223 e. The molecule has 1 aliphatic rings. The average molecular weight is 313 g/mol. The van der Waals surface area contributed by atoms with Gasteiger partial charge in [0.25, 0.3) is 0 Å². The van der Waals surface area contributed by atoms with Gasteiger partial charge in [0, 0.05) is 43.3 Å². The van der Waals surface area contributed by atoms with Crippen LogP contribution in [0.2, 0.25) is 0 Å². The van der Waals surface area contributed by atoms with Gasteiger partial charge in [-0.05, 0) is 44.0 Å². The summed E-state index contributed by atoms with van der Waals surface area (Å²) in [5, 5.41) is 9.80. The lowest BCUT2D eigenvalue weighted by molar-refractivity contribution is 0.149. The largest absolute Gasteiger partial charge is 0.503 e. The molecule has 0 bridgehead atoms. The van der Waals surface area contributed by atoms with E-state index in [-0.39, 0.29) is 11.2 Å². The predicted octanol–water partition coefficient (Wildman–Crippen LogP) is 2.37. The molecule has 0 saturated carbocycles. The Kier molecular flexibility index (Phi) is 4.76. The Balaban J connectivity index is 1.88. The fourth-order valence-electron chi connectivity index (χ4n) is 3.17. The number of aromatic hydroxyl groups is 1. The van der Waals surface area contributed by atoms with Crippen LogP contribution in [0.25, 0.3) is 0 Å². The first-order valence-corrected chi connectivity index (χ1v) is 8.19. The van der Waals surface area contributed by atoms with Crippen molar-refractivity contribution in [2.24, 2.45) is 0 Å². The summed E-state index contributed by atoms with van der Waals surface area (Å²) in [6.07, 6.45) is 8.74. The van der Waals surface area contributed by atoms with E-state index < -0.39 is 0 Å². The number of pyridine rings is 2. The summed E-state index contributed by atoms with van der Waals surface area (Å²) < 4.78 is 1.97. The van der Waals surface area contributed by atoms with Gasteiger partial charge in [0.1, 0.15) is 0 Å². The van der Waals surface area contributed by atoms with Gasteiger partial charge < -0.3 is 9.67 Å². The van der Waals surface area contributed by atoms with Crippen LogP contribution in [0.1, 0.15) is 37.4 Å². The second kappa shape index (κ2) is 6.96. The first-order chi connectivity index (χ1) is 11.1. The van der Waals surface area contributed by atoms with Crippen molar-refractivity contribution in [2.45, 2.75) is 45.3 Å². The fraction of sp³-hybridized carbons (Fsp3) is 0.444. The Morgan fingerprint density at radius 1 is 1.26 bits per heavy atom. The highest BCUT2D eigenvalue weighted by atomic mass is 16.3. The van der Waals surface area contributed by atoms with E-state index in [0.29, 0.717) is 12.6 Å². The van der Waals surface area contributed by atoms with Crippen LogP contribution in [0.3, 0.4) is 0 Å². The van der Waals surface area contributed by atoms with Gasteiger partial charge in [-0.25, -0.2) is 0 Å². The Labute approximate surface area is 136 Å². The van der Waals surface area contributed by atoms with Crippen LogP contribution in [-0.4, -0.2) is 32.1 Å². The lowest BCUT2D eigenvalue weighted by atomic mass is 10.0. The standard InChI is InChI=1S/C18H23N3O2/c1-14-4-2-3-9-20(14)12-16-10-17(22)18(23)13-21(16)11-15-5-7-19-8-6-15/h5-8,10,13-14,23H,2-4,9,11-12H2,1H3. The molecule has 1 saturated heterocycles. The number of aromatic nitrogens is 2. The van der Waals surface area contributed by atoms with Gasteiger partial charge in [0.15, 0.2) is 5.75 Å². The highest BCUT2D eigenvalue weighted by molar-refractivity contribution is 5.22. The summed E-state index contributed by atoms with van der Waals surface area (Å²) >= 11 is 0. The number of nitrogens with zero attached hydrogens (tertiary/aromatic N) is 3. The van der Waals surface area contributed by atoms with E-state index in [9.17, 15) is 9.90 Å². The van der Waals surface area contributed by atoms with Crippen molar-refractivity contribution in [2.75, 3.05) is 6.54 Å². The Hall–Kier alpha value is -2.14. The third-order valence-electron chi connectivity index (χ3n) is 4.61. The quantitative estimate of drug-likeness (QED) is 0.941. The van der Waals surface area contributed by atoms with E-state index in [0.717, 1.165) is 24.3 Å². The first kappa shape index (κ1) is 15.7. The molecule has 3 rings (SSSR count). The highest BCUT2D eigenvalue weighted by Crippen LogP contribution is 2.20. The van der Waals surface area contributed by atoms with Gasteiger partial charge in [-0.2, -0.15) is 0 Å². The van der Waals surface area contributed by atoms with E-state index in [2.05, 4.69) is 16.8 Å². The summed E-state index contributed by atoms with van der Waals surface area (Å²) in [7, 11) is 0. The molecule has 2 aromatic rings. The maximum Gasteiger partial charge on any atom is 0.223 e. The summed E-state index contributed by atoms with van der Waals surface area (Å²) in [5.74, 6) is -0.200. The molecule has 1 atom stereocenters. The first-order valence-electron chi connectivity index (χ1n) is 8.19. The van der Waals surface area contributed by atoms with Crippen LogP contribution in [0, 0.1) is 0 Å². The molecule has 5 nitrogen and oxygen atoms in total. The number of piperidine rings is 1. The summed E-state index contributed by atoms with van der Waals surface area (Å²) in [5.41, 5.74) is 1.73. The molecule has 1 N–H and O–H groups in total. The van der Waals surface area contributed by atoms with Crippen LogP contribution in [0.4, 0.5) is 0 Å². The lowest BCUT2D eigenvalue weighted by Crippen LogP contribution is -2.37. The van der Waals surface area contributed by atoms with Crippen molar-refractivity contribution in [3.8, 4) is 5.75 Å². The third-order valence-corrected chi connectivity index (χ3v) is 4.61. The fourth-order valence-corrected chi connectivity index (χ4v) is 3.17. The molecule has 0 aromatic carbocycles. The van der Waals surface area contributed by atoms with Gasteiger partial charge >= 0.3 is 0 Å². The molecule has 23 heavy (non-hydrogen) atoms.